The maximum Gasteiger partial charge on any atom is 0.193 e. The van der Waals surface area contributed by atoms with E-state index in [1.165, 1.54) is 12.1 Å². The molecule has 0 aromatic heterocycles. The van der Waals surface area contributed by atoms with Crippen LogP contribution in [0.15, 0.2) is 47.5 Å². The summed E-state index contributed by atoms with van der Waals surface area (Å²) in [6.07, 6.45) is 0.123. The number of rotatable bonds is 4. The van der Waals surface area contributed by atoms with Crippen LogP contribution >= 0.6 is 24.0 Å². The fourth-order valence-electron chi connectivity index (χ4n) is 2.51. The zero-order valence-corrected chi connectivity index (χ0v) is 16.4. The lowest BCUT2D eigenvalue weighted by Crippen LogP contribution is -2.23. The van der Waals surface area contributed by atoms with E-state index in [0.717, 1.165) is 11.4 Å². The summed E-state index contributed by atoms with van der Waals surface area (Å²) < 4.78 is 24.5. The van der Waals surface area contributed by atoms with Crippen LogP contribution in [-0.4, -0.2) is 18.7 Å². The van der Waals surface area contributed by atoms with Crippen molar-refractivity contribution in [3.8, 4) is 11.5 Å². The van der Waals surface area contributed by atoms with Crippen LogP contribution in [-0.2, 0) is 0 Å². The minimum Gasteiger partial charge on any atom is -0.491 e. The predicted molar refractivity (Wildman–Crippen MR) is 108 cm³/mol. The lowest BCUT2D eigenvalue weighted by atomic mass is 10.1. The molecule has 1 aliphatic heterocycles. The summed E-state index contributed by atoms with van der Waals surface area (Å²) in [6, 6.07) is 11.5. The van der Waals surface area contributed by atoms with Crippen molar-refractivity contribution in [3.63, 3.8) is 0 Å². The van der Waals surface area contributed by atoms with Crippen LogP contribution in [0.1, 0.15) is 25.5 Å². The molecule has 1 unspecified atom stereocenters. The minimum atomic E-state index is -0.313. The monoisotopic (exact) mass is 457 g/mol. The van der Waals surface area contributed by atoms with Crippen LogP contribution in [0, 0.1) is 5.82 Å². The van der Waals surface area contributed by atoms with Crippen molar-refractivity contribution >= 4 is 35.6 Å². The fraction of sp³-hybridized carbons (Fsp3) is 0.278. The zero-order valence-electron chi connectivity index (χ0n) is 14.0. The van der Waals surface area contributed by atoms with E-state index in [0.29, 0.717) is 17.9 Å². The van der Waals surface area contributed by atoms with E-state index in [1.54, 1.807) is 6.07 Å². The van der Waals surface area contributed by atoms with Gasteiger partial charge in [-0.15, -0.1) is 24.0 Å². The molecule has 7 heteroatoms. The molecule has 0 radical (unpaired) electrons. The Balaban J connectivity index is 0.00000225. The first-order valence-corrected chi connectivity index (χ1v) is 7.80. The van der Waals surface area contributed by atoms with Crippen molar-refractivity contribution in [1.29, 1.82) is 0 Å². The van der Waals surface area contributed by atoms with E-state index >= 15 is 0 Å². The van der Waals surface area contributed by atoms with Crippen LogP contribution in [0.2, 0.25) is 0 Å². The van der Waals surface area contributed by atoms with Gasteiger partial charge in [0.1, 0.15) is 30.0 Å². The summed E-state index contributed by atoms with van der Waals surface area (Å²) in [6.45, 7) is 4.30. The third-order valence-corrected chi connectivity index (χ3v) is 3.52. The lowest BCUT2D eigenvalue weighted by Gasteiger charge is -2.11. The molecule has 0 amide bonds. The Hall–Kier alpha value is -2.03. The highest BCUT2D eigenvalue weighted by atomic mass is 127. The normalized spacial score (nSPS) is 16.0. The molecule has 1 aliphatic rings. The van der Waals surface area contributed by atoms with Crippen molar-refractivity contribution in [3.05, 3.63) is 53.8 Å². The van der Waals surface area contributed by atoms with E-state index in [9.17, 15) is 4.39 Å². The number of ether oxygens (including phenoxy) is 2. The Morgan fingerprint density at radius 2 is 2.00 bits per heavy atom. The molecule has 0 spiro atoms. The second-order valence-electron chi connectivity index (χ2n) is 5.84. The number of anilines is 1. The molecule has 5 nitrogen and oxygen atoms in total. The molecule has 0 aliphatic carbocycles. The van der Waals surface area contributed by atoms with Gasteiger partial charge >= 0.3 is 0 Å². The molecule has 3 rings (SSSR count). The Labute approximate surface area is 163 Å². The van der Waals surface area contributed by atoms with Gasteiger partial charge < -0.3 is 20.5 Å². The van der Waals surface area contributed by atoms with Gasteiger partial charge in [-0.05, 0) is 56.3 Å². The van der Waals surface area contributed by atoms with Crippen LogP contribution < -0.4 is 20.5 Å². The summed E-state index contributed by atoms with van der Waals surface area (Å²) >= 11 is 0. The van der Waals surface area contributed by atoms with Crippen molar-refractivity contribution in [2.75, 3.05) is 11.9 Å². The summed E-state index contributed by atoms with van der Waals surface area (Å²) in [5, 5.41) is 3.02. The van der Waals surface area contributed by atoms with Gasteiger partial charge in [-0.2, -0.15) is 0 Å². The highest BCUT2D eigenvalue weighted by molar-refractivity contribution is 14.0. The molecule has 25 heavy (non-hydrogen) atoms. The average molecular weight is 457 g/mol. The zero-order chi connectivity index (χ0) is 17.1. The molecule has 0 bridgehead atoms. The predicted octanol–water partition coefficient (Wildman–Crippen LogP) is 4.09. The first-order chi connectivity index (χ1) is 11.5. The third-order valence-electron chi connectivity index (χ3n) is 3.52. The summed E-state index contributed by atoms with van der Waals surface area (Å²) in [4.78, 5) is 4.38. The number of hydrogen-bond donors (Lipinski definition) is 2. The van der Waals surface area contributed by atoms with Gasteiger partial charge in [0.15, 0.2) is 5.96 Å². The second-order valence-corrected chi connectivity index (χ2v) is 5.84. The van der Waals surface area contributed by atoms with Gasteiger partial charge in [0.05, 0.1) is 6.10 Å². The first kappa shape index (κ1) is 19.3. The van der Waals surface area contributed by atoms with Gasteiger partial charge in [-0.3, -0.25) is 0 Å². The number of benzene rings is 2. The summed E-state index contributed by atoms with van der Waals surface area (Å²) in [5.74, 6) is 1.37. The third kappa shape index (κ3) is 4.97. The van der Waals surface area contributed by atoms with E-state index in [4.69, 9.17) is 15.2 Å². The fourth-order valence-corrected chi connectivity index (χ4v) is 2.51. The van der Waals surface area contributed by atoms with E-state index in [2.05, 4.69) is 10.3 Å². The standard InChI is InChI=1S/C18H20FN3O2.HI/c1-11(2)24-14-6-4-13(5-7-14)21-18(20)22-16-10-23-17-8-3-12(19)9-15(16)17;/h3-9,11,16H,10H2,1-2H3,(H3,20,21,22);1H. The molecule has 0 saturated carbocycles. The number of halogens is 2. The Morgan fingerprint density at radius 3 is 2.68 bits per heavy atom. The molecular weight excluding hydrogens is 436 g/mol. The number of aliphatic imine (C=N–C) groups is 1. The van der Waals surface area contributed by atoms with E-state index in [-0.39, 0.29) is 47.9 Å². The molecule has 1 atom stereocenters. The maximum atomic E-state index is 13.4. The molecule has 1 heterocycles. The number of guanidine groups is 1. The van der Waals surface area contributed by atoms with Crippen LogP contribution in [0.5, 0.6) is 11.5 Å². The quantitative estimate of drug-likeness (QED) is 0.413. The van der Waals surface area contributed by atoms with Crippen molar-refractivity contribution < 1.29 is 13.9 Å². The molecule has 0 saturated heterocycles. The minimum absolute atomic E-state index is 0. The maximum absolute atomic E-state index is 13.4. The lowest BCUT2D eigenvalue weighted by molar-refractivity contribution is 0.242. The molecule has 0 fully saturated rings. The molecular formula is C18H21FIN3O2. The van der Waals surface area contributed by atoms with Gasteiger partial charge in [0, 0.05) is 11.3 Å². The van der Waals surface area contributed by atoms with Gasteiger partial charge in [-0.1, -0.05) is 0 Å². The number of nitrogens with two attached hydrogens (primary N) is 1. The van der Waals surface area contributed by atoms with Crippen molar-refractivity contribution in [2.24, 2.45) is 10.7 Å². The molecule has 134 valence electrons. The summed E-state index contributed by atoms with van der Waals surface area (Å²) in [5.41, 5.74) is 7.46. The second kappa shape index (κ2) is 8.37. The molecule has 2 aromatic rings. The van der Waals surface area contributed by atoms with E-state index < -0.39 is 0 Å². The molecule has 2 aromatic carbocycles. The highest BCUT2D eigenvalue weighted by Gasteiger charge is 2.24. The number of nitrogens with one attached hydrogen (secondary N) is 1. The smallest absolute Gasteiger partial charge is 0.193 e. The Bertz CT molecular complexity index is 750. The Morgan fingerprint density at radius 1 is 1.28 bits per heavy atom. The van der Waals surface area contributed by atoms with Gasteiger partial charge in [-0.25, -0.2) is 9.38 Å². The first-order valence-electron chi connectivity index (χ1n) is 7.80. The van der Waals surface area contributed by atoms with Crippen molar-refractivity contribution in [2.45, 2.75) is 26.0 Å². The van der Waals surface area contributed by atoms with Gasteiger partial charge in [0.25, 0.3) is 0 Å². The molecule has 3 N–H and O–H groups in total. The van der Waals surface area contributed by atoms with Crippen molar-refractivity contribution in [1.82, 2.24) is 0 Å². The largest absolute Gasteiger partial charge is 0.491 e. The Kier molecular flexibility index (Phi) is 6.46. The van der Waals surface area contributed by atoms with E-state index in [1.807, 2.05) is 38.1 Å². The van der Waals surface area contributed by atoms with Crippen LogP contribution in [0.3, 0.4) is 0 Å². The van der Waals surface area contributed by atoms with Crippen LogP contribution in [0.25, 0.3) is 0 Å². The van der Waals surface area contributed by atoms with Crippen LogP contribution in [0.4, 0.5) is 10.1 Å². The number of fused-ring (bicyclic) bond motifs is 1. The SMILES string of the molecule is CC(C)Oc1ccc(NC(N)=NC2COc3ccc(F)cc32)cc1.I. The highest BCUT2D eigenvalue weighted by Crippen LogP contribution is 2.35. The van der Waals surface area contributed by atoms with Gasteiger partial charge in [0.2, 0.25) is 0 Å². The number of hydrogen-bond acceptors (Lipinski definition) is 3. The summed E-state index contributed by atoms with van der Waals surface area (Å²) in [7, 11) is 0. The average Bonchev–Trinajstić information content (AvgIpc) is 2.91. The topological polar surface area (TPSA) is 68.9 Å². The number of nitrogens with zero attached hydrogens (tertiary/aromatic N) is 1.